The Labute approximate surface area is 128 Å². The van der Waals surface area contributed by atoms with E-state index < -0.39 is 0 Å². The van der Waals surface area contributed by atoms with Gasteiger partial charge in [0, 0.05) is 18.8 Å². The molecule has 0 amide bonds. The Kier molecular flexibility index (Phi) is 5.05. The fourth-order valence-electron chi connectivity index (χ4n) is 2.28. The van der Waals surface area contributed by atoms with Crippen LogP contribution >= 0.6 is 23.2 Å². The van der Waals surface area contributed by atoms with Crippen molar-refractivity contribution in [1.82, 2.24) is 15.2 Å². The van der Waals surface area contributed by atoms with Gasteiger partial charge in [-0.25, -0.2) is 0 Å². The molecule has 1 aromatic heterocycles. The largest absolute Gasteiger partial charge is 0.275 e. The van der Waals surface area contributed by atoms with Crippen LogP contribution in [0.4, 0.5) is 0 Å². The molecular formula is C14H18Cl2N4. The first-order valence-corrected chi connectivity index (χ1v) is 7.23. The molecule has 6 heteroatoms. The standard InChI is InChI=1S/C14H18Cl2N4/c1-3-13-10(8-20(2)19-13)14(18-17)7-9-4-5-11(15)12(16)6-9/h4-6,8,14,18H,3,7,17H2,1-2H3. The van der Waals surface area contributed by atoms with E-state index in [0.29, 0.717) is 10.0 Å². The van der Waals surface area contributed by atoms with Crippen LogP contribution in [0.2, 0.25) is 10.0 Å². The third kappa shape index (κ3) is 3.33. The molecule has 2 aromatic rings. The van der Waals surface area contributed by atoms with Gasteiger partial charge in [0.2, 0.25) is 0 Å². The van der Waals surface area contributed by atoms with Crippen molar-refractivity contribution in [3.63, 3.8) is 0 Å². The van der Waals surface area contributed by atoms with Crippen molar-refractivity contribution in [3.8, 4) is 0 Å². The molecule has 0 saturated carbocycles. The molecule has 0 aliphatic rings. The highest BCUT2D eigenvalue weighted by Crippen LogP contribution is 2.26. The van der Waals surface area contributed by atoms with Crippen LogP contribution in [-0.4, -0.2) is 9.78 Å². The summed E-state index contributed by atoms with van der Waals surface area (Å²) in [5, 5.41) is 5.56. The highest BCUT2D eigenvalue weighted by molar-refractivity contribution is 6.42. The topological polar surface area (TPSA) is 55.9 Å². The minimum atomic E-state index is -0.00380. The van der Waals surface area contributed by atoms with Gasteiger partial charge in [-0.15, -0.1) is 0 Å². The summed E-state index contributed by atoms with van der Waals surface area (Å²) in [6.45, 7) is 2.08. The minimum absolute atomic E-state index is 0.00380. The van der Waals surface area contributed by atoms with Crippen molar-refractivity contribution in [2.24, 2.45) is 12.9 Å². The maximum Gasteiger partial charge on any atom is 0.0670 e. The zero-order valence-electron chi connectivity index (χ0n) is 11.5. The lowest BCUT2D eigenvalue weighted by Crippen LogP contribution is -2.30. The summed E-state index contributed by atoms with van der Waals surface area (Å²) in [5.41, 5.74) is 6.10. The van der Waals surface area contributed by atoms with Crippen molar-refractivity contribution in [1.29, 1.82) is 0 Å². The fraction of sp³-hybridized carbons (Fsp3) is 0.357. The molecule has 0 aliphatic heterocycles. The van der Waals surface area contributed by atoms with E-state index in [4.69, 9.17) is 29.0 Å². The van der Waals surface area contributed by atoms with Gasteiger partial charge in [0.05, 0.1) is 21.8 Å². The lowest BCUT2D eigenvalue weighted by Gasteiger charge is -2.16. The molecule has 0 fully saturated rings. The average molecular weight is 313 g/mol. The number of halogens is 2. The number of aromatic nitrogens is 2. The lowest BCUT2D eigenvalue weighted by molar-refractivity contribution is 0.547. The Hall–Kier alpha value is -1.07. The zero-order valence-corrected chi connectivity index (χ0v) is 13.0. The summed E-state index contributed by atoms with van der Waals surface area (Å²) in [4.78, 5) is 0. The maximum atomic E-state index is 6.05. The molecule has 3 N–H and O–H groups in total. The van der Waals surface area contributed by atoms with Crippen LogP contribution in [0.25, 0.3) is 0 Å². The quantitative estimate of drug-likeness (QED) is 0.659. The van der Waals surface area contributed by atoms with Crippen LogP contribution in [0, 0.1) is 0 Å². The second-order valence-electron chi connectivity index (χ2n) is 4.73. The van der Waals surface area contributed by atoms with E-state index in [2.05, 4.69) is 17.4 Å². The first kappa shape index (κ1) is 15.3. The van der Waals surface area contributed by atoms with E-state index in [9.17, 15) is 0 Å². The smallest absolute Gasteiger partial charge is 0.0670 e. The van der Waals surface area contributed by atoms with Gasteiger partial charge < -0.3 is 0 Å². The first-order chi connectivity index (χ1) is 9.55. The SMILES string of the molecule is CCc1nn(C)cc1C(Cc1ccc(Cl)c(Cl)c1)NN. The Bertz CT molecular complexity index is 595. The number of hydrogen-bond acceptors (Lipinski definition) is 3. The summed E-state index contributed by atoms with van der Waals surface area (Å²) >= 11 is 12.0. The van der Waals surface area contributed by atoms with E-state index in [1.165, 1.54) is 0 Å². The number of rotatable bonds is 5. The predicted octanol–water partition coefficient (Wildman–Crippen LogP) is 3.04. The fourth-order valence-corrected chi connectivity index (χ4v) is 2.60. The van der Waals surface area contributed by atoms with Crippen LogP contribution in [0.3, 0.4) is 0 Å². The molecule has 1 heterocycles. The monoisotopic (exact) mass is 312 g/mol. The number of nitrogens with one attached hydrogen (secondary N) is 1. The molecule has 108 valence electrons. The molecule has 0 bridgehead atoms. The van der Waals surface area contributed by atoms with Gasteiger partial charge in [0.25, 0.3) is 0 Å². The number of hydrogen-bond donors (Lipinski definition) is 2. The van der Waals surface area contributed by atoms with Gasteiger partial charge in [-0.1, -0.05) is 36.2 Å². The number of hydrazine groups is 1. The van der Waals surface area contributed by atoms with Crippen LogP contribution in [0.15, 0.2) is 24.4 Å². The normalized spacial score (nSPS) is 12.7. The highest BCUT2D eigenvalue weighted by atomic mass is 35.5. The van der Waals surface area contributed by atoms with Gasteiger partial charge in [-0.3, -0.25) is 16.0 Å². The van der Waals surface area contributed by atoms with Gasteiger partial charge in [0.15, 0.2) is 0 Å². The molecule has 2 rings (SSSR count). The summed E-state index contributed by atoms with van der Waals surface area (Å²) in [6.07, 6.45) is 3.60. The van der Waals surface area contributed by atoms with E-state index in [-0.39, 0.29) is 6.04 Å². The van der Waals surface area contributed by atoms with Crippen molar-refractivity contribution in [2.75, 3.05) is 0 Å². The maximum absolute atomic E-state index is 6.05. The van der Waals surface area contributed by atoms with Gasteiger partial charge >= 0.3 is 0 Å². The van der Waals surface area contributed by atoms with E-state index in [1.807, 2.05) is 30.1 Å². The molecule has 20 heavy (non-hydrogen) atoms. The number of benzene rings is 1. The summed E-state index contributed by atoms with van der Waals surface area (Å²) in [7, 11) is 1.91. The first-order valence-electron chi connectivity index (χ1n) is 6.47. The molecule has 1 atom stereocenters. The van der Waals surface area contributed by atoms with E-state index in [0.717, 1.165) is 29.7 Å². The summed E-state index contributed by atoms with van der Waals surface area (Å²) in [5.74, 6) is 5.71. The third-order valence-electron chi connectivity index (χ3n) is 3.27. The van der Waals surface area contributed by atoms with Crippen LogP contribution < -0.4 is 11.3 Å². The second kappa shape index (κ2) is 6.59. The molecule has 0 radical (unpaired) electrons. The zero-order chi connectivity index (χ0) is 14.7. The van der Waals surface area contributed by atoms with Crippen molar-refractivity contribution in [3.05, 3.63) is 51.3 Å². The van der Waals surface area contributed by atoms with Crippen molar-refractivity contribution >= 4 is 23.2 Å². The molecule has 0 spiro atoms. The second-order valence-corrected chi connectivity index (χ2v) is 5.54. The Morgan fingerprint density at radius 2 is 2.10 bits per heavy atom. The van der Waals surface area contributed by atoms with Crippen LogP contribution in [-0.2, 0) is 19.9 Å². The molecule has 1 unspecified atom stereocenters. The third-order valence-corrected chi connectivity index (χ3v) is 4.01. The average Bonchev–Trinajstić information content (AvgIpc) is 2.81. The molecule has 1 aromatic carbocycles. The van der Waals surface area contributed by atoms with Gasteiger partial charge in [-0.2, -0.15) is 5.10 Å². The molecular weight excluding hydrogens is 295 g/mol. The number of nitrogens with two attached hydrogens (primary N) is 1. The molecule has 4 nitrogen and oxygen atoms in total. The lowest BCUT2D eigenvalue weighted by atomic mass is 9.99. The van der Waals surface area contributed by atoms with Crippen LogP contribution in [0.1, 0.15) is 29.8 Å². The Balaban J connectivity index is 2.26. The van der Waals surface area contributed by atoms with Gasteiger partial charge in [0.1, 0.15) is 0 Å². The number of nitrogens with zero attached hydrogens (tertiary/aromatic N) is 2. The molecule has 0 saturated heterocycles. The molecule has 0 aliphatic carbocycles. The minimum Gasteiger partial charge on any atom is -0.275 e. The van der Waals surface area contributed by atoms with Gasteiger partial charge in [-0.05, 0) is 30.5 Å². The van der Waals surface area contributed by atoms with Crippen LogP contribution in [0.5, 0.6) is 0 Å². The Morgan fingerprint density at radius 3 is 2.70 bits per heavy atom. The highest BCUT2D eigenvalue weighted by Gasteiger charge is 2.17. The summed E-state index contributed by atoms with van der Waals surface area (Å²) in [6, 6.07) is 5.63. The van der Waals surface area contributed by atoms with Crippen molar-refractivity contribution < 1.29 is 0 Å². The van der Waals surface area contributed by atoms with Crippen molar-refractivity contribution in [2.45, 2.75) is 25.8 Å². The Morgan fingerprint density at radius 1 is 1.35 bits per heavy atom. The number of aryl methyl sites for hydroxylation is 2. The van der Waals surface area contributed by atoms with E-state index >= 15 is 0 Å². The van der Waals surface area contributed by atoms with E-state index in [1.54, 1.807) is 6.07 Å². The predicted molar refractivity (Wildman–Crippen MR) is 82.8 cm³/mol. The summed E-state index contributed by atoms with van der Waals surface area (Å²) < 4.78 is 1.81.